The molecule has 0 saturated carbocycles. The van der Waals surface area contributed by atoms with Crippen molar-refractivity contribution in [3.8, 4) is 0 Å². The van der Waals surface area contributed by atoms with Crippen molar-refractivity contribution in [1.82, 2.24) is 4.57 Å². The molecule has 0 aliphatic rings. The smallest absolute Gasteiger partial charge is 0.338 e. The highest BCUT2D eigenvalue weighted by Gasteiger charge is 2.13. The predicted octanol–water partition coefficient (Wildman–Crippen LogP) is 1.42. The van der Waals surface area contributed by atoms with Gasteiger partial charge >= 0.3 is 5.97 Å². The summed E-state index contributed by atoms with van der Waals surface area (Å²) >= 11 is 0. The molecule has 0 unspecified atom stereocenters. The van der Waals surface area contributed by atoms with E-state index in [9.17, 15) is 4.79 Å². The SMILES string of the molecule is COC(=O)c1cccc2c1cc(CN)n2C. The van der Waals surface area contributed by atoms with Crippen molar-refractivity contribution in [3.63, 3.8) is 0 Å². The molecular formula is C12H14N2O2. The van der Waals surface area contributed by atoms with Gasteiger partial charge in [-0.1, -0.05) is 6.07 Å². The van der Waals surface area contributed by atoms with E-state index in [4.69, 9.17) is 10.5 Å². The van der Waals surface area contributed by atoms with Gasteiger partial charge in [0, 0.05) is 30.2 Å². The summed E-state index contributed by atoms with van der Waals surface area (Å²) in [6, 6.07) is 7.49. The van der Waals surface area contributed by atoms with E-state index in [0.717, 1.165) is 16.6 Å². The summed E-state index contributed by atoms with van der Waals surface area (Å²) in [6.45, 7) is 0.450. The van der Waals surface area contributed by atoms with Crippen molar-refractivity contribution < 1.29 is 9.53 Å². The molecule has 0 aliphatic carbocycles. The molecule has 2 aromatic rings. The summed E-state index contributed by atoms with van der Waals surface area (Å²) in [4.78, 5) is 11.6. The number of nitrogens with zero attached hydrogens (tertiary/aromatic N) is 1. The van der Waals surface area contributed by atoms with Crippen molar-refractivity contribution >= 4 is 16.9 Å². The zero-order valence-corrected chi connectivity index (χ0v) is 9.36. The molecule has 1 heterocycles. The fourth-order valence-electron chi connectivity index (χ4n) is 1.90. The summed E-state index contributed by atoms with van der Waals surface area (Å²) in [5, 5.41) is 0.886. The predicted molar refractivity (Wildman–Crippen MR) is 62.1 cm³/mol. The monoisotopic (exact) mass is 218 g/mol. The number of aromatic nitrogens is 1. The number of aryl methyl sites for hydroxylation is 1. The molecule has 2 N–H and O–H groups in total. The summed E-state index contributed by atoms with van der Waals surface area (Å²) in [7, 11) is 3.32. The van der Waals surface area contributed by atoms with Crippen LogP contribution in [-0.4, -0.2) is 17.6 Å². The van der Waals surface area contributed by atoms with Crippen molar-refractivity contribution in [3.05, 3.63) is 35.5 Å². The Balaban J connectivity index is 2.73. The van der Waals surface area contributed by atoms with E-state index < -0.39 is 0 Å². The Labute approximate surface area is 93.6 Å². The van der Waals surface area contributed by atoms with Gasteiger partial charge in [0.25, 0.3) is 0 Å². The van der Waals surface area contributed by atoms with Gasteiger partial charge in [0.05, 0.1) is 12.7 Å². The zero-order chi connectivity index (χ0) is 11.7. The van der Waals surface area contributed by atoms with Gasteiger partial charge in [-0.05, 0) is 18.2 Å². The fraction of sp³-hybridized carbons (Fsp3) is 0.250. The van der Waals surface area contributed by atoms with Crippen LogP contribution in [0.2, 0.25) is 0 Å². The summed E-state index contributed by atoms with van der Waals surface area (Å²) in [5.41, 5.74) is 8.20. The lowest BCUT2D eigenvalue weighted by Gasteiger charge is -2.02. The third-order valence-electron chi connectivity index (χ3n) is 2.80. The third kappa shape index (κ3) is 1.47. The molecule has 84 valence electrons. The average molecular weight is 218 g/mol. The largest absolute Gasteiger partial charge is 0.465 e. The normalized spacial score (nSPS) is 10.7. The first-order valence-corrected chi connectivity index (χ1v) is 5.04. The first kappa shape index (κ1) is 10.7. The van der Waals surface area contributed by atoms with Crippen molar-refractivity contribution in [2.24, 2.45) is 12.8 Å². The lowest BCUT2D eigenvalue weighted by molar-refractivity contribution is 0.0603. The first-order chi connectivity index (χ1) is 7.69. The number of benzene rings is 1. The molecule has 0 spiro atoms. The van der Waals surface area contributed by atoms with E-state index in [1.54, 1.807) is 6.07 Å². The minimum absolute atomic E-state index is 0.320. The molecule has 4 heteroatoms. The maximum absolute atomic E-state index is 11.6. The number of ether oxygens (including phenoxy) is 1. The summed E-state index contributed by atoms with van der Waals surface area (Å²) in [6.07, 6.45) is 0. The van der Waals surface area contributed by atoms with Crippen LogP contribution in [-0.2, 0) is 18.3 Å². The molecule has 16 heavy (non-hydrogen) atoms. The highest BCUT2D eigenvalue weighted by Crippen LogP contribution is 2.22. The van der Waals surface area contributed by atoms with Gasteiger partial charge in [0.1, 0.15) is 0 Å². The number of hydrogen-bond acceptors (Lipinski definition) is 3. The van der Waals surface area contributed by atoms with Gasteiger partial charge in [-0.15, -0.1) is 0 Å². The number of fused-ring (bicyclic) bond motifs is 1. The van der Waals surface area contributed by atoms with Crippen LogP contribution in [0.4, 0.5) is 0 Å². The molecule has 0 atom stereocenters. The number of rotatable bonds is 2. The molecule has 1 aromatic carbocycles. The van der Waals surface area contributed by atoms with Gasteiger partial charge < -0.3 is 15.0 Å². The van der Waals surface area contributed by atoms with Crippen LogP contribution in [0.5, 0.6) is 0 Å². The van der Waals surface area contributed by atoms with E-state index in [1.807, 2.05) is 29.8 Å². The van der Waals surface area contributed by atoms with E-state index in [1.165, 1.54) is 7.11 Å². The second-order valence-electron chi connectivity index (χ2n) is 3.63. The van der Waals surface area contributed by atoms with Gasteiger partial charge in [-0.25, -0.2) is 4.79 Å². The highest BCUT2D eigenvalue weighted by molar-refractivity contribution is 6.04. The molecular weight excluding hydrogens is 204 g/mol. The first-order valence-electron chi connectivity index (χ1n) is 5.04. The molecule has 0 fully saturated rings. The fourth-order valence-corrected chi connectivity index (χ4v) is 1.90. The van der Waals surface area contributed by atoms with E-state index in [2.05, 4.69) is 0 Å². The lowest BCUT2D eigenvalue weighted by Crippen LogP contribution is -2.02. The Morgan fingerprint density at radius 2 is 2.25 bits per heavy atom. The van der Waals surface area contributed by atoms with Crippen LogP contribution >= 0.6 is 0 Å². The third-order valence-corrected chi connectivity index (χ3v) is 2.80. The molecule has 0 amide bonds. The Bertz CT molecular complexity index is 543. The molecule has 1 aromatic heterocycles. The second-order valence-corrected chi connectivity index (χ2v) is 3.63. The quantitative estimate of drug-likeness (QED) is 0.776. The maximum atomic E-state index is 11.6. The van der Waals surface area contributed by atoms with E-state index >= 15 is 0 Å². The van der Waals surface area contributed by atoms with Gasteiger partial charge in [-0.2, -0.15) is 0 Å². The lowest BCUT2D eigenvalue weighted by atomic mass is 10.1. The van der Waals surface area contributed by atoms with Gasteiger partial charge in [0.15, 0.2) is 0 Å². The highest BCUT2D eigenvalue weighted by atomic mass is 16.5. The standard InChI is InChI=1S/C12H14N2O2/c1-14-8(7-13)6-10-9(12(15)16-2)4-3-5-11(10)14/h3-6H,7,13H2,1-2H3. The average Bonchev–Trinajstić information content (AvgIpc) is 2.65. The second kappa shape index (κ2) is 3.98. The molecule has 4 nitrogen and oxygen atoms in total. The molecule has 0 saturated heterocycles. The Kier molecular flexibility index (Phi) is 2.66. The van der Waals surface area contributed by atoms with Crippen LogP contribution in [0, 0.1) is 0 Å². The minimum Gasteiger partial charge on any atom is -0.465 e. The van der Waals surface area contributed by atoms with Crippen molar-refractivity contribution in [2.45, 2.75) is 6.54 Å². The Morgan fingerprint density at radius 1 is 1.50 bits per heavy atom. The van der Waals surface area contributed by atoms with Crippen LogP contribution in [0.15, 0.2) is 24.3 Å². The van der Waals surface area contributed by atoms with Gasteiger partial charge in [-0.3, -0.25) is 0 Å². The number of carbonyl (C=O) groups excluding carboxylic acids is 1. The van der Waals surface area contributed by atoms with Crippen LogP contribution < -0.4 is 5.73 Å². The van der Waals surface area contributed by atoms with Crippen molar-refractivity contribution in [2.75, 3.05) is 7.11 Å². The van der Waals surface area contributed by atoms with Crippen LogP contribution in [0.1, 0.15) is 16.1 Å². The Morgan fingerprint density at radius 3 is 2.88 bits per heavy atom. The molecule has 0 radical (unpaired) electrons. The number of carbonyl (C=O) groups is 1. The topological polar surface area (TPSA) is 57.2 Å². The van der Waals surface area contributed by atoms with Crippen LogP contribution in [0.25, 0.3) is 10.9 Å². The maximum Gasteiger partial charge on any atom is 0.338 e. The number of hydrogen-bond donors (Lipinski definition) is 1. The summed E-state index contributed by atoms with van der Waals surface area (Å²) in [5.74, 6) is -0.320. The van der Waals surface area contributed by atoms with Crippen LogP contribution in [0.3, 0.4) is 0 Å². The molecule has 0 aliphatic heterocycles. The molecule has 2 rings (SSSR count). The Hall–Kier alpha value is -1.81. The van der Waals surface area contributed by atoms with E-state index in [0.29, 0.717) is 12.1 Å². The number of esters is 1. The van der Waals surface area contributed by atoms with Gasteiger partial charge in [0.2, 0.25) is 0 Å². The van der Waals surface area contributed by atoms with Crippen molar-refractivity contribution in [1.29, 1.82) is 0 Å². The summed E-state index contributed by atoms with van der Waals surface area (Å²) < 4.78 is 6.74. The minimum atomic E-state index is -0.320. The number of methoxy groups -OCH3 is 1. The zero-order valence-electron chi connectivity index (χ0n) is 9.36. The molecule has 0 bridgehead atoms. The van der Waals surface area contributed by atoms with E-state index in [-0.39, 0.29) is 5.97 Å². The number of nitrogens with two attached hydrogens (primary N) is 1.